The van der Waals surface area contributed by atoms with E-state index in [0.29, 0.717) is 47.6 Å². The lowest BCUT2D eigenvalue weighted by molar-refractivity contribution is 0.122. The van der Waals surface area contributed by atoms with Gasteiger partial charge in [-0.2, -0.15) is 10.1 Å². The molecule has 9 nitrogen and oxygen atoms in total. The largest absolute Gasteiger partial charge is 0.447 e. The molecule has 1 saturated heterocycles. The van der Waals surface area contributed by atoms with Crippen LogP contribution in [-0.2, 0) is 4.74 Å². The highest BCUT2D eigenvalue weighted by atomic mass is 16.5. The molecule has 6 rings (SSSR count). The van der Waals surface area contributed by atoms with Crippen molar-refractivity contribution in [3.05, 3.63) is 60.4 Å². The summed E-state index contributed by atoms with van der Waals surface area (Å²) < 4.78 is 18.7. The van der Waals surface area contributed by atoms with Crippen LogP contribution in [0, 0.1) is 6.92 Å². The maximum atomic E-state index is 6.15. The summed E-state index contributed by atoms with van der Waals surface area (Å²) in [5, 5.41) is 8.66. The van der Waals surface area contributed by atoms with Crippen molar-refractivity contribution in [2.75, 3.05) is 31.2 Å². The summed E-state index contributed by atoms with van der Waals surface area (Å²) >= 11 is 0. The summed E-state index contributed by atoms with van der Waals surface area (Å²) in [6.45, 7) is 4.58. The molecular weight excluding hydrogens is 408 g/mol. The second-order valence-corrected chi connectivity index (χ2v) is 7.62. The number of hydrogen-bond acceptors (Lipinski definition) is 8. The van der Waals surface area contributed by atoms with Crippen LogP contribution in [0.4, 0.5) is 5.82 Å². The van der Waals surface area contributed by atoms with Gasteiger partial charge in [0.1, 0.15) is 5.52 Å². The van der Waals surface area contributed by atoms with Gasteiger partial charge < -0.3 is 18.6 Å². The third-order valence-corrected chi connectivity index (χ3v) is 5.39. The zero-order valence-corrected chi connectivity index (χ0v) is 17.4. The van der Waals surface area contributed by atoms with E-state index in [1.165, 1.54) is 0 Å². The Kier molecular flexibility index (Phi) is 4.46. The average molecular weight is 428 g/mol. The number of morpholine rings is 1. The van der Waals surface area contributed by atoms with Gasteiger partial charge in [0.05, 0.1) is 24.6 Å². The molecule has 0 aliphatic carbocycles. The lowest BCUT2D eigenvalue weighted by Crippen LogP contribution is -2.37. The van der Waals surface area contributed by atoms with Gasteiger partial charge in [0.2, 0.25) is 5.76 Å². The minimum atomic E-state index is 0.474. The van der Waals surface area contributed by atoms with Gasteiger partial charge in [-0.3, -0.25) is 0 Å². The number of benzene rings is 1. The number of nitrogens with zero attached hydrogens (tertiary/aromatic N) is 6. The van der Waals surface area contributed by atoms with Crippen LogP contribution in [0.25, 0.3) is 39.8 Å². The molecule has 0 spiro atoms. The Labute approximate surface area is 183 Å². The summed E-state index contributed by atoms with van der Waals surface area (Å²) in [6, 6.07) is 15.7. The fourth-order valence-corrected chi connectivity index (χ4v) is 3.79. The highest BCUT2D eigenvalue weighted by Crippen LogP contribution is 2.33. The van der Waals surface area contributed by atoms with Gasteiger partial charge >= 0.3 is 0 Å². The van der Waals surface area contributed by atoms with E-state index in [0.717, 1.165) is 30.0 Å². The first-order valence-corrected chi connectivity index (χ1v) is 10.4. The molecule has 1 aliphatic heterocycles. The SMILES string of the molecule is Cc1cc(-c2cc3nc(-n4ccc(-c5ccccc5)n4)nc(N4CCOCC4)c3o2)on1. The van der Waals surface area contributed by atoms with E-state index in [4.69, 9.17) is 28.7 Å². The fraction of sp³-hybridized carbons (Fsp3) is 0.217. The molecule has 0 amide bonds. The molecule has 5 aromatic rings. The third-order valence-electron chi connectivity index (χ3n) is 5.39. The van der Waals surface area contributed by atoms with Crippen LogP contribution in [0.15, 0.2) is 63.7 Å². The number of aryl methyl sites for hydroxylation is 1. The quantitative estimate of drug-likeness (QED) is 0.426. The predicted molar refractivity (Wildman–Crippen MR) is 118 cm³/mol. The average Bonchev–Trinajstić information content (AvgIpc) is 3.59. The molecule has 0 N–H and O–H groups in total. The Hall–Kier alpha value is -3.98. The van der Waals surface area contributed by atoms with E-state index in [9.17, 15) is 0 Å². The van der Waals surface area contributed by atoms with Gasteiger partial charge in [0, 0.05) is 37.0 Å². The minimum absolute atomic E-state index is 0.474. The maximum absolute atomic E-state index is 6.15. The Morgan fingerprint density at radius 2 is 1.78 bits per heavy atom. The highest BCUT2D eigenvalue weighted by molar-refractivity contribution is 5.88. The fourth-order valence-electron chi connectivity index (χ4n) is 3.79. The monoisotopic (exact) mass is 428 g/mol. The lowest BCUT2D eigenvalue weighted by Gasteiger charge is -2.27. The van der Waals surface area contributed by atoms with Crippen LogP contribution in [0.3, 0.4) is 0 Å². The topological polar surface area (TPSA) is 95.2 Å². The maximum Gasteiger partial charge on any atom is 0.253 e. The van der Waals surface area contributed by atoms with Crippen LogP contribution in [0.1, 0.15) is 5.69 Å². The molecule has 5 heterocycles. The second-order valence-electron chi connectivity index (χ2n) is 7.62. The van der Waals surface area contributed by atoms with E-state index in [-0.39, 0.29) is 0 Å². The van der Waals surface area contributed by atoms with Crippen molar-refractivity contribution < 1.29 is 13.7 Å². The molecule has 160 valence electrons. The minimum Gasteiger partial charge on any atom is -0.447 e. The number of ether oxygens (including phenoxy) is 1. The van der Waals surface area contributed by atoms with E-state index in [1.807, 2.05) is 61.7 Å². The van der Waals surface area contributed by atoms with Crippen molar-refractivity contribution in [2.45, 2.75) is 6.92 Å². The number of hydrogen-bond donors (Lipinski definition) is 0. The van der Waals surface area contributed by atoms with Crippen molar-refractivity contribution >= 4 is 16.9 Å². The summed E-state index contributed by atoms with van der Waals surface area (Å²) in [4.78, 5) is 11.7. The molecule has 1 aromatic carbocycles. The van der Waals surface area contributed by atoms with E-state index in [1.54, 1.807) is 4.68 Å². The summed E-state index contributed by atoms with van der Waals surface area (Å²) in [6.07, 6.45) is 1.87. The van der Waals surface area contributed by atoms with Gasteiger partial charge in [-0.05, 0) is 13.0 Å². The van der Waals surface area contributed by atoms with E-state index >= 15 is 0 Å². The Morgan fingerprint density at radius 3 is 2.56 bits per heavy atom. The number of fused-ring (bicyclic) bond motifs is 1. The zero-order valence-electron chi connectivity index (χ0n) is 17.4. The highest BCUT2D eigenvalue weighted by Gasteiger charge is 2.23. The van der Waals surface area contributed by atoms with Crippen molar-refractivity contribution in [1.82, 2.24) is 24.9 Å². The molecular formula is C23H20N6O3. The normalized spacial score (nSPS) is 14.3. The molecule has 0 saturated carbocycles. The Bertz CT molecular complexity index is 1380. The number of aromatic nitrogens is 5. The third kappa shape index (κ3) is 3.32. The van der Waals surface area contributed by atoms with Gasteiger partial charge in [0.15, 0.2) is 17.2 Å². The van der Waals surface area contributed by atoms with Crippen LogP contribution >= 0.6 is 0 Å². The van der Waals surface area contributed by atoms with Crippen LogP contribution < -0.4 is 4.90 Å². The summed E-state index contributed by atoms with van der Waals surface area (Å²) in [5.74, 6) is 2.31. The van der Waals surface area contributed by atoms with Crippen molar-refractivity contribution in [3.8, 4) is 28.7 Å². The van der Waals surface area contributed by atoms with E-state index < -0.39 is 0 Å². The molecule has 0 atom stereocenters. The molecule has 0 unspecified atom stereocenters. The van der Waals surface area contributed by atoms with Gasteiger partial charge in [0.25, 0.3) is 5.95 Å². The standard InChI is InChI=1S/C23H20N6O3/c1-15-13-20(32-27-15)19-14-18-21(31-19)22(28-9-11-30-12-10-28)25-23(24-18)29-8-7-17(26-29)16-5-3-2-4-6-16/h2-8,13-14H,9-12H2,1H3. The second kappa shape index (κ2) is 7.61. The molecule has 0 radical (unpaired) electrons. The van der Waals surface area contributed by atoms with Gasteiger partial charge in [-0.1, -0.05) is 35.5 Å². The Morgan fingerprint density at radius 1 is 0.938 bits per heavy atom. The van der Waals surface area contributed by atoms with Crippen LogP contribution in [-0.4, -0.2) is 51.2 Å². The van der Waals surface area contributed by atoms with Gasteiger partial charge in [-0.25, -0.2) is 9.67 Å². The first kappa shape index (κ1) is 18.8. The smallest absolute Gasteiger partial charge is 0.253 e. The molecule has 9 heteroatoms. The molecule has 1 fully saturated rings. The first-order valence-electron chi connectivity index (χ1n) is 10.4. The van der Waals surface area contributed by atoms with Crippen LogP contribution in [0.5, 0.6) is 0 Å². The summed E-state index contributed by atoms with van der Waals surface area (Å²) in [5.41, 5.74) is 3.96. The van der Waals surface area contributed by atoms with Crippen molar-refractivity contribution in [1.29, 1.82) is 0 Å². The number of rotatable bonds is 4. The first-order chi connectivity index (χ1) is 15.7. The van der Waals surface area contributed by atoms with E-state index in [2.05, 4.69) is 10.1 Å². The molecule has 1 aliphatic rings. The molecule has 0 bridgehead atoms. The van der Waals surface area contributed by atoms with Crippen LogP contribution in [0.2, 0.25) is 0 Å². The van der Waals surface area contributed by atoms with Crippen molar-refractivity contribution in [3.63, 3.8) is 0 Å². The Balaban J connectivity index is 1.47. The number of furan rings is 1. The summed E-state index contributed by atoms with van der Waals surface area (Å²) in [7, 11) is 0. The predicted octanol–water partition coefficient (Wildman–Crippen LogP) is 3.88. The lowest BCUT2D eigenvalue weighted by atomic mass is 10.2. The zero-order chi connectivity index (χ0) is 21.5. The number of anilines is 1. The molecule has 4 aromatic heterocycles. The van der Waals surface area contributed by atoms with Gasteiger partial charge in [-0.15, -0.1) is 0 Å². The molecule has 32 heavy (non-hydrogen) atoms. The van der Waals surface area contributed by atoms with Crippen molar-refractivity contribution in [2.24, 2.45) is 0 Å².